The summed E-state index contributed by atoms with van der Waals surface area (Å²) in [7, 11) is 0. The Balaban J connectivity index is -0.0000000722. The summed E-state index contributed by atoms with van der Waals surface area (Å²) in [5, 5.41) is 20.3. The molecule has 2 radical (unpaired) electrons. The van der Waals surface area contributed by atoms with E-state index in [0.29, 0.717) is 18.9 Å². The molecule has 0 bridgehead atoms. The number of hydrogen-bond acceptors (Lipinski definition) is 6. The van der Waals surface area contributed by atoms with Gasteiger partial charge in [0, 0.05) is 84.6 Å². The van der Waals surface area contributed by atoms with Crippen LogP contribution in [0.5, 0.6) is 0 Å². The fourth-order valence-electron chi connectivity index (χ4n) is 1.75. The summed E-state index contributed by atoms with van der Waals surface area (Å²) in [5.41, 5.74) is -1.18. The molecule has 222 valence electrons. The SMILES string of the molecule is CC.CC(C)C=O.CC(C)CCOC(C)(C)CO.[CH2-]C.[CH2-]C(=O)NC(C)(C)COC(C)(C)CCO.[Y].[Y]. The number of ether oxygens (including phenoxy) is 2. The first kappa shape index (κ1) is 54.2. The van der Waals surface area contributed by atoms with Gasteiger partial charge in [0.1, 0.15) is 6.29 Å². The molecule has 0 saturated carbocycles. The van der Waals surface area contributed by atoms with Gasteiger partial charge in [-0.15, -0.1) is 0 Å². The number of nitrogens with one attached hydrogen (secondary N) is 1. The fraction of sp³-hybridized carbons (Fsp3) is 0.857. The van der Waals surface area contributed by atoms with Crippen molar-refractivity contribution in [1.82, 2.24) is 5.32 Å². The van der Waals surface area contributed by atoms with E-state index >= 15 is 0 Å². The quantitative estimate of drug-likeness (QED) is 0.188. The van der Waals surface area contributed by atoms with Crippen molar-refractivity contribution >= 4 is 12.2 Å². The van der Waals surface area contributed by atoms with Crippen molar-refractivity contribution in [2.24, 2.45) is 11.8 Å². The van der Waals surface area contributed by atoms with Crippen LogP contribution in [0.1, 0.15) is 103 Å². The van der Waals surface area contributed by atoms with Gasteiger partial charge in [-0.1, -0.05) is 41.5 Å². The van der Waals surface area contributed by atoms with E-state index in [-0.39, 0.29) is 102 Å². The number of carbonyl (C=O) groups is 2. The molecule has 37 heavy (non-hydrogen) atoms. The van der Waals surface area contributed by atoms with E-state index in [1.165, 1.54) is 0 Å². The maximum absolute atomic E-state index is 10.8. The molecular formula is C28H61NO6Y2-2. The molecule has 7 nitrogen and oxygen atoms in total. The summed E-state index contributed by atoms with van der Waals surface area (Å²) in [6.45, 7) is 32.9. The minimum Gasteiger partial charge on any atom is -0.396 e. The van der Waals surface area contributed by atoms with E-state index in [1.54, 1.807) is 6.92 Å². The third kappa shape index (κ3) is 53.9. The second-order valence-corrected chi connectivity index (χ2v) is 10.3. The third-order valence-corrected chi connectivity index (χ3v) is 3.86. The van der Waals surface area contributed by atoms with Crippen LogP contribution >= 0.6 is 0 Å². The molecule has 0 aromatic heterocycles. The van der Waals surface area contributed by atoms with Crippen LogP contribution < -0.4 is 5.32 Å². The van der Waals surface area contributed by atoms with Crippen LogP contribution in [-0.4, -0.2) is 65.6 Å². The smallest absolute Gasteiger partial charge is 0.122 e. The second kappa shape index (κ2) is 33.3. The van der Waals surface area contributed by atoms with Crippen LogP contribution in [-0.2, 0) is 84.5 Å². The van der Waals surface area contributed by atoms with Gasteiger partial charge < -0.3 is 48.4 Å². The normalized spacial score (nSPS) is 10.3. The Morgan fingerprint density at radius 2 is 1.32 bits per heavy atom. The van der Waals surface area contributed by atoms with Crippen molar-refractivity contribution in [2.45, 2.75) is 120 Å². The average Bonchev–Trinajstić information content (AvgIpc) is 2.75. The van der Waals surface area contributed by atoms with Crippen LogP contribution in [0, 0.1) is 25.7 Å². The first-order valence-corrected chi connectivity index (χ1v) is 12.7. The molecule has 0 atom stereocenters. The maximum atomic E-state index is 10.8. The zero-order valence-electron chi connectivity index (χ0n) is 26.6. The first-order chi connectivity index (χ1) is 15.9. The number of aliphatic hydroxyl groups is 2. The average molecular weight is 686 g/mol. The van der Waals surface area contributed by atoms with E-state index in [9.17, 15) is 9.59 Å². The molecule has 0 spiro atoms. The van der Waals surface area contributed by atoms with Crippen LogP contribution in [0.3, 0.4) is 0 Å². The van der Waals surface area contributed by atoms with Gasteiger partial charge in [0.2, 0.25) is 0 Å². The van der Waals surface area contributed by atoms with Crippen LogP contribution in [0.15, 0.2) is 0 Å². The predicted molar refractivity (Wildman–Crippen MR) is 149 cm³/mol. The molecule has 0 aliphatic carbocycles. The summed E-state index contributed by atoms with van der Waals surface area (Å²) in [6, 6.07) is 0. The summed E-state index contributed by atoms with van der Waals surface area (Å²) in [4.78, 5) is 20.3. The van der Waals surface area contributed by atoms with Crippen molar-refractivity contribution in [3.63, 3.8) is 0 Å². The van der Waals surface area contributed by atoms with E-state index in [0.717, 1.165) is 19.3 Å². The molecule has 0 fully saturated rings. The van der Waals surface area contributed by atoms with Crippen LogP contribution in [0.2, 0.25) is 0 Å². The molecule has 0 aromatic carbocycles. The fourth-order valence-corrected chi connectivity index (χ4v) is 1.75. The molecule has 0 aliphatic heterocycles. The monoisotopic (exact) mass is 685 g/mol. The summed E-state index contributed by atoms with van der Waals surface area (Å²) < 4.78 is 11.1. The Bertz CT molecular complexity index is 472. The Morgan fingerprint density at radius 1 is 0.919 bits per heavy atom. The summed E-state index contributed by atoms with van der Waals surface area (Å²) >= 11 is 0. The van der Waals surface area contributed by atoms with Gasteiger partial charge in [-0.25, -0.2) is 0 Å². The largest absolute Gasteiger partial charge is 0.396 e. The van der Waals surface area contributed by atoms with Gasteiger partial charge in [-0.2, -0.15) is 6.92 Å². The molecule has 0 aliphatic rings. The number of aldehydes is 1. The standard InChI is InChI=1S/C11H22NO3.C9H20O2.C4H8O.C2H6.C2H5.2Y/c1-9(14)12-10(2,3)8-15-11(4,5)6-7-13;1-8(2)5-6-11-9(3,4)7-10;1-4(2)3-5;2*1-2;;/h13H,1,6-8H2,2-5H3,(H,12,14);8,10H,5-7H2,1-4H3;3-4H,1-2H3;1-2H3;1H2,2H3;;/q-1;;;;-1;;. The molecule has 9 heteroatoms. The van der Waals surface area contributed by atoms with Crippen LogP contribution in [0.4, 0.5) is 0 Å². The van der Waals surface area contributed by atoms with Crippen LogP contribution in [0.25, 0.3) is 0 Å². The van der Waals surface area contributed by atoms with Crippen molar-refractivity contribution in [1.29, 1.82) is 0 Å². The van der Waals surface area contributed by atoms with Crippen molar-refractivity contribution < 1.29 is 94.7 Å². The van der Waals surface area contributed by atoms with Crippen molar-refractivity contribution in [3.05, 3.63) is 13.8 Å². The van der Waals surface area contributed by atoms with Gasteiger partial charge in [-0.05, 0) is 60.3 Å². The number of hydrogen-bond donors (Lipinski definition) is 3. The number of amides is 1. The molecule has 0 aromatic rings. The van der Waals surface area contributed by atoms with Crippen molar-refractivity contribution in [3.8, 4) is 0 Å². The third-order valence-electron chi connectivity index (χ3n) is 3.86. The second-order valence-electron chi connectivity index (χ2n) is 10.3. The van der Waals surface area contributed by atoms with Gasteiger partial charge in [0.25, 0.3) is 0 Å². The molecule has 0 rings (SSSR count). The number of carbonyl (C=O) groups excluding carboxylic acids is 2. The molecule has 0 heterocycles. The number of aliphatic hydroxyl groups excluding tert-OH is 2. The Kier molecular flexibility index (Phi) is 48.7. The Labute approximate surface area is 281 Å². The van der Waals surface area contributed by atoms with E-state index in [1.807, 2.05) is 69.2 Å². The maximum Gasteiger partial charge on any atom is 0.122 e. The number of rotatable bonds is 12. The van der Waals surface area contributed by atoms with E-state index in [2.05, 4.69) is 33.0 Å². The van der Waals surface area contributed by atoms with E-state index in [4.69, 9.17) is 19.7 Å². The zero-order valence-corrected chi connectivity index (χ0v) is 32.2. The Hall–Kier alpha value is 1.06. The molecular weight excluding hydrogens is 624 g/mol. The van der Waals surface area contributed by atoms with Gasteiger partial charge in [0.05, 0.1) is 35.9 Å². The van der Waals surface area contributed by atoms with E-state index < -0.39 is 5.54 Å². The van der Waals surface area contributed by atoms with Gasteiger partial charge in [-0.3, -0.25) is 0 Å². The summed E-state index contributed by atoms with van der Waals surface area (Å²) in [6.07, 6.45) is 2.55. The van der Waals surface area contributed by atoms with Gasteiger partial charge in [0.15, 0.2) is 0 Å². The zero-order chi connectivity index (χ0) is 29.3. The van der Waals surface area contributed by atoms with Gasteiger partial charge >= 0.3 is 0 Å². The molecule has 3 N–H and O–H groups in total. The minimum atomic E-state index is -0.439. The summed E-state index contributed by atoms with van der Waals surface area (Å²) in [5.74, 6) is 0.558. The van der Waals surface area contributed by atoms with Crippen molar-refractivity contribution in [2.75, 3.05) is 26.4 Å². The Morgan fingerprint density at radius 3 is 1.59 bits per heavy atom. The molecule has 1 amide bonds. The predicted octanol–water partition coefficient (Wildman–Crippen LogP) is 5.42. The minimum absolute atomic E-state index is 0. The topological polar surface area (TPSA) is 105 Å². The first-order valence-electron chi connectivity index (χ1n) is 12.7. The molecule has 0 saturated heterocycles. The molecule has 0 unspecified atom stereocenters.